The van der Waals surface area contributed by atoms with Gasteiger partial charge in [0.25, 0.3) is 5.91 Å². The van der Waals surface area contributed by atoms with Crippen LogP contribution in [0.1, 0.15) is 21.5 Å². The third kappa shape index (κ3) is 4.25. The minimum absolute atomic E-state index is 0.306. The molecule has 0 bridgehead atoms. The van der Waals surface area contributed by atoms with Crippen molar-refractivity contribution < 1.29 is 22.7 Å². The van der Waals surface area contributed by atoms with E-state index in [1.54, 1.807) is 12.1 Å². The number of nitrogens with zero attached hydrogens (tertiary/aromatic N) is 1. The van der Waals surface area contributed by atoms with Crippen LogP contribution in [0.25, 0.3) is 10.8 Å². The normalized spacial score (nSPS) is 11.7. The molecular formula is C20H15F3N2O2. The Balaban J connectivity index is 1.75. The highest BCUT2D eigenvalue weighted by molar-refractivity contribution is 6.01. The molecule has 0 saturated carbocycles. The molecule has 0 unspecified atom stereocenters. The maximum atomic E-state index is 12.5. The van der Waals surface area contributed by atoms with E-state index in [1.807, 2.05) is 24.3 Å². The third-order valence-electron chi connectivity index (χ3n) is 3.93. The molecule has 27 heavy (non-hydrogen) atoms. The van der Waals surface area contributed by atoms with Crippen LogP contribution in [-0.4, -0.2) is 19.2 Å². The lowest BCUT2D eigenvalue weighted by molar-refractivity contribution is -0.137. The zero-order valence-electron chi connectivity index (χ0n) is 14.2. The van der Waals surface area contributed by atoms with E-state index >= 15 is 0 Å². The minimum atomic E-state index is -4.39. The van der Waals surface area contributed by atoms with Crippen molar-refractivity contribution in [2.75, 3.05) is 7.11 Å². The summed E-state index contributed by atoms with van der Waals surface area (Å²) in [6, 6.07) is 15.4. The van der Waals surface area contributed by atoms with E-state index in [1.165, 1.54) is 25.5 Å². The summed E-state index contributed by atoms with van der Waals surface area (Å²) in [5.41, 5.74) is 2.35. The van der Waals surface area contributed by atoms with Crippen molar-refractivity contribution in [1.82, 2.24) is 5.43 Å². The van der Waals surface area contributed by atoms with E-state index < -0.39 is 17.6 Å². The van der Waals surface area contributed by atoms with Gasteiger partial charge in [0.05, 0.1) is 24.5 Å². The standard InChI is InChI=1S/C20H15F3N2O2/c1-27-18-11-15-5-3-2-4-14(15)10-17(18)19(26)25-24-12-13-6-8-16(9-7-13)20(21,22)23/h2-12H,1H3,(H,25,26). The monoisotopic (exact) mass is 372 g/mol. The van der Waals surface area contributed by atoms with Crippen LogP contribution in [0.4, 0.5) is 13.2 Å². The molecule has 3 aromatic carbocycles. The average Bonchev–Trinajstić information content (AvgIpc) is 2.66. The molecule has 1 N–H and O–H groups in total. The van der Waals surface area contributed by atoms with Crippen molar-refractivity contribution in [2.24, 2.45) is 5.10 Å². The molecule has 0 fully saturated rings. The number of hydrogen-bond acceptors (Lipinski definition) is 3. The van der Waals surface area contributed by atoms with Crippen molar-refractivity contribution in [3.63, 3.8) is 0 Å². The molecule has 1 amide bonds. The van der Waals surface area contributed by atoms with Crippen LogP contribution >= 0.6 is 0 Å². The third-order valence-corrected chi connectivity index (χ3v) is 3.93. The minimum Gasteiger partial charge on any atom is -0.496 e. The molecule has 7 heteroatoms. The van der Waals surface area contributed by atoms with E-state index in [9.17, 15) is 18.0 Å². The fourth-order valence-electron chi connectivity index (χ4n) is 2.55. The molecule has 0 radical (unpaired) electrons. The Labute approximate surface area is 153 Å². The summed E-state index contributed by atoms with van der Waals surface area (Å²) in [4.78, 5) is 12.4. The number of fused-ring (bicyclic) bond motifs is 1. The number of halogens is 3. The molecule has 0 spiro atoms. The first-order valence-electron chi connectivity index (χ1n) is 7.96. The van der Waals surface area contributed by atoms with Gasteiger partial charge < -0.3 is 4.74 Å². The van der Waals surface area contributed by atoms with E-state index in [0.717, 1.165) is 22.9 Å². The first-order chi connectivity index (χ1) is 12.9. The number of hydrogen-bond donors (Lipinski definition) is 1. The molecule has 3 rings (SSSR count). The summed E-state index contributed by atoms with van der Waals surface area (Å²) in [7, 11) is 1.46. The summed E-state index contributed by atoms with van der Waals surface area (Å²) in [5, 5.41) is 5.60. The van der Waals surface area contributed by atoms with E-state index in [2.05, 4.69) is 10.5 Å². The molecule has 3 aromatic rings. The first-order valence-corrected chi connectivity index (χ1v) is 7.96. The topological polar surface area (TPSA) is 50.7 Å². The van der Waals surface area contributed by atoms with Crippen molar-refractivity contribution in [3.05, 3.63) is 77.4 Å². The molecule has 0 aliphatic carbocycles. The Bertz CT molecular complexity index is 996. The number of carbonyl (C=O) groups is 1. The van der Waals surface area contributed by atoms with Gasteiger partial charge in [0.1, 0.15) is 5.75 Å². The first kappa shape index (κ1) is 18.4. The van der Waals surface area contributed by atoms with Crippen LogP contribution in [-0.2, 0) is 6.18 Å². The van der Waals surface area contributed by atoms with Crippen molar-refractivity contribution in [1.29, 1.82) is 0 Å². The number of hydrazone groups is 1. The second-order valence-electron chi connectivity index (χ2n) is 5.72. The van der Waals surface area contributed by atoms with E-state index in [0.29, 0.717) is 16.9 Å². The number of benzene rings is 3. The van der Waals surface area contributed by atoms with E-state index in [4.69, 9.17) is 4.74 Å². The highest BCUT2D eigenvalue weighted by Crippen LogP contribution is 2.29. The van der Waals surface area contributed by atoms with Gasteiger partial charge in [0.15, 0.2) is 0 Å². The second kappa shape index (κ2) is 7.49. The van der Waals surface area contributed by atoms with Crippen LogP contribution in [0.3, 0.4) is 0 Å². The van der Waals surface area contributed by atoms with Gasteiger partial charge in [-0.3, -0.25) is 4.79 Å². The Kier molecular flexibility index (Phi) is 5.12. The number of alkyl halides is 3. The van der Waals surface area contributed by atoms with Crippen molar-refractivity contribution in [3.8, 4) is 5.75 Å². The van der Waals surface area contributed by atoms with Gasteiger partial charge in [-0.1, -0.05) is 36.4 Å². The highest BCUT2D eigenvalue weighted by Gasteiger charge is 2.29. The summed E-state index contributed by atoms with van der Waals surface area (Å²) in [6.07, 6.45) is -3.12. The molecule has 4 nitrogen and oxygen atoms in total. The maximum absolute atomic E-state index is 12.5. The molecular weight excluding hydrogens is 357 g/mol. The Morgan fingerprint density at radius 2 is 1.67 bits per heavy atom. The van der Waals surface area contributed by atoms with E-state index in [-0.39, 0.29) is 0 Å². The number of rotatable bonds is 4. The lowest BCUT2D eigenvalue weighted by atomic mass is 10.1. The predicted molar refractivity (Wildman–Crippen MR) is 97.0 cm³/mol. The molecule has 0 aliphatic rings. The molecule has 0 aliphatic heterocycles. The van der Waals surface area contributed by atoms with Gasteiger partial charge in [-0.25, -0.2) is 5.43 Å². The Morgan fingerprint density at radius 1 is 1.04 bits per heavy atom. The van der Waals surface area contributed by atoms with Crippen LogP contribution in [0, 0.1) is 0 Å². The number of nitrogens with one attached hydrogen (secondary N) is 1. The molecule has 0 saturated heterocycles. The number of carbonyl (C=O) groups excluding carboxylic acids is 1. The Hall–Kier alpha value is -3.35. The highest BCUT2D eigenvalue weighted by atomic mass is 19.4. The van der Waals surface area contributed by atoms with Gasteiger partial charge in [-0.05, 0) is 40.6 Å². The average molecular weight is 372 g/mol. The van der Waals surface area contributed by atoms with Crippen LogP contribution < -0.4 is 10.2 Å². The molecule has 0 heterocycles. The number of amides is 1. The van der Waals surface area contributed by atoms with Gasteiger partial charge >= 0.3 is 6.18 Å². The van der Waals surface area contributed by atoms with Crippen LogP contribution in [0.15, 0.2) is 65.8 Å². The Morgan fingerprint density at radius 3 is 2.26 bits per heavy atom. The summed E-state index contributed by atoms with van der Waals surface area (Å²) < 4.78 is 42.9. The lowest BCUT2D eigenvalue weighted by Crippen LogP contribution is -2.18. The van der Waals surface area contributed by atoms with Crippen LogP contribution in [0.5, 0.6) is 5.75 Å². The predicted octanol–water partition coefficient (Wildman–Crippen LogP) is 4.63. The number of ether oxygens (including phenoxy) is 1. The largest absolute Gasteiger partial charge is 0.496 e. The number of methoxy groups -OCH3 is 1. The van der Waals surface area contributed by atoms with Gasteiger partial charge in [0.2, 0.25) is 0 Å². The molecule has 138 valence electrons. The fourth-order valence-corrected chi connectivity index (χ4v) is 2.55. The molecule has 0 aromatic heterocycles. The van der Waals surface area contributed by atoms with Crippen molar-refractivity contribution >= 4 is 22.9 Å². The molecule has 0 atom stereocenters. The zero-order valence-corrected chi connectivity index (χ0v) is 14.2. The van der Waals surface area contributed by atoms with Gasteiger partial charge in [-0.2, -0.15) is 18.3 Å². The van der Waals surface area contributed by atoms with Gasteiger partial charge in [-0.15, -0.1) is 0 Å². The summed E-state index contributed by atoms with van der Waals surface area (Å²) >= 11 is 0. The maximum Gasteiger partial charge on any atom is 0.416 e. The van der Waals surface area contributed by atoms with Crippen molar-refractivity contribution in [2.45, 2.75) is 6.18 Å². The smallest absolute Gasteiger partial charge is 0.416 e. The summed E-state index contributed by atoms with van der Waals surface area (Å²) in [5.74, 6) is -0.0864. The summed E-state index contributed by atoms with van der Waals surface area (Å²) in [6.45, 7) is 0. The van der Waals surface area contributed by atoms with Gasteiger partial charge in [0, 0.05) is 0 Å². The second-order valence-corrected chi connectivity index (χ2v) is 5.72. The zero-order chi connectivity index (χ0) is 19.4. The SMILES string of the molecule is COc1cc2ccccc2cc1C(=O)NN=Cc1ccc(C(F)(F)F)cc1. The fraction of sp³-hybridized carbons (Fsp3) is 0.100. The van der Waals surface area contributed by atoms with Crippen LogP contribution in [0.2, 0.25) is 0 Å². The lowest BCUT2D eigenvalue weighted by Gasteiger charge is -2.09. The quantitative estimate of drug-likeness (QED) is 0.536.